The maximum atomic E-state index is 13.3. The summed E-state index contributed by atoms with van der Waals surface area (Å²) in [5, 5.41) is 27.2. The average Bonchev–Trinajstić information content (AvgIpc) is 3.63. The van der Waals surface area contributed by atoms with Crippen molar-refractivity contribution in [2.24, 2.45) is 0 Å². The number of anilines is 1. The summed E-state index contributed by atoms with van der Waals surface area (Å²) in [4.78, 5) is 40.7. The van der Waals surface area contributed by atoms with E-state index in [-0.39, 0.29) is 12.0 Å². The van der Waals surface area contributed by atoms with Gasteiger partial charge in [-0.3, -0.25) is 9.59 Å². The third kappa shape index (κ3) is 6.05. The first-order valence-electron chi connectivity index (χ1n) is 12.1. The van der Waals surface area contributed by atoms with Crippen molar-refractivity contribution in [2.45, 2.75) is 12.5 Å². The lowest BCUT2D eigenvalue weighted by Gasteiger charge is -2.18. The van der Waals surface area contributed by atoms with Crippen LogP contribution in [0.1, 0.15) is 21.5 Å². The van der Waals surface area contributed by atoms with E-state index in [0.717, 1.165) is 16.5 Å². The number of rotatable bonds is 9. The molecule has 40 heavy (non-hydrogen) atoms. The van der Waals surface area contributed by atoms with E-state index < -0.39 is 23.8 Å². The molecule has 3 aromatic carbocycles. The number of amides is 2. The molecule has 5 aromatic rings. The number of aromatic nitrogens is 5. The molecule has 2 heterocycles. The third-order valence-electron chi connectivity index (χ3n) is 6.13. The number of tetrazole rings is 1. The zero-order valence-corrected chi connectivity index (χ0v) is 21.5. The predicted octanol–water partition coefficient (Wildman–Crippen LogP) is 3.87. The lowest BCUT2D eigenvalue weighted by atomic mass is 10.0. The van der Waals surface area contributed by atoms with Crippen LogP contribution in [0.5, 0.6) is 0 Å². The van der Waals surface area contributed by atoms with Gasteiger partial charge in [0.1, 0.15) is 12.4 Å². The molecule has 4 N–H and O–H groups in total. The van der Waals surface area contributed by atoms with Crippen LogP contribution < -0.4 is 10.6 Å². The Morgan fingerprint density at radius 1 is 1.07 bits per heavy atom. The topological polar surface area (TPSA) is 155 Å². The molecule has 0 radical (unpaired) electrons. The molecule has 0 aliphatic heterocycles. The number of fused-ring (bicyclic) bond motifs is 1. The number of hydrogen-bond donors (Lipinski definition) is 4. The number of carbonyl (C=O) groups excluding carboxylic acids is 2. The van der Waals surface area contributed by atoms with Gasteiger partial charge in [-0.2, -0.15) is 4.68 Å². The van der Waals surface area contributed by atoms with Gasteiger partial charge in [0.25, 0.3) is 0 Å². The molecule has 0 saturated heterocycles. The van der Waals surface area contributed by atoms with Crippen LogP contribution in [-0.4, -0.2) is 54.1 Å². The monoisotopic (exact) mass is 555 g/mol. The molecule has 11 nitrogen and oxygen atoms in total. The molecule has 5 rings (SSSR count). The summed E-state index contributed by atoms with van der Waals surface area (Å²) in [6.45, 7) is 0. The van der Waals surface area contributed by atoms with Crippen molar-refractivity contribution in [3.05, 3.63) is 107 Å². The zero-order valence-electron chi connectivity index (χ0n) is 20.8. The zero-order chi connectivity index (χ0) is 28.1. The lowest BCUT2D eigenvalue weighted by molar-refractivity contribution is -0.123. The smallest absolute Gasteiger partial charge is 0.335 e. The Morgan fingerprint density at radius 3 is 2.62 bits per heavy atom. The first-order chi connectivity index (χ1) is 19.4. The minimum atomic E-state index is -1.07. The van der Waals surface area contributed by atoms with E-state index >= 15 is 0 Å². The third-order valence-corrected chi connectivity index (χ3v) is 6.37. The summed E-state index contributed by atoms with van der Waals surface area (Å²) in [5.74, 6) is -2.05. The number of para-hydroxylation sites is 1. The van der Waals surface area contributed by atoms with Gasteiger partial charge in [-0.15, -0.1) is 5.10 Å². The summed E-state index contributed by atoms with van der Waals surface area (Å²) in [5.41, 5.74) is 3.44. The molecule has 12 heteroatoms. The number of carboxylic acids is 1. The van der Waals surface area contributed by atoms with Gasteiger partial charge >= 0.3 is 5.97 Å². The second-order valence-electron chi connectivity index (χ2n) is 8.79. The number of nitrogens with one attached hydrogen (secondary N) is 3. The summed E-state index contributed by atoms with van der Waals surface area (Å²) in [7, 11) is 0. The van der Waals surface area contributed by atoms with Crippen LogP contribution in [0.2, 0.25) is 5.02 Å². The van der Waals surface area contributed by atoms with Crippen LogP contribution in [-0.2, 0) is 16.0 Å². The van der Waals surface area contributed by atoms with Crippen molar-refractivity contribution in [3.8, 4) is 5.69 Å². The molecule has 0 saturated carbocycles. The predicted molar refractivity (Wildman–Crippen MR) is 149 cm³/mol. The fourth-order valence-corrected chi connectivity index (χ4v) is 4.36. The Hall–Kier alpha value is -5.29. The van der Waals surface area contributed by atoms with Crippen LogP contribution in [0.3, 0.4) is 0 Å². The molecular formula is C28H22ClN7O4. The van der Waals surface area contributed by atoms with Gasteiger partial charge in [-0.25, -0.2) is 4.79 Å². The molecule has 0 fully saturated rings. The second kappa shape index (κ2) is 11.6. The van der Waals surface area contributed by atoms with E-state index in [2.05, 4.69) is 31.1 Å². The maximum Gasteiger partial charge on any atom is 0.335 e. The fraction of sp³-hybridized carbons (Fsp3) is 0.0714. The first kappa shape index (κ1) is 26.3. The molecule has 0 spiro atoms. The van der Waals surface area contributed by atoms with Crippen molar-refractivity contribution >= 4 is 52.1 Å². The van der Waals surface area contributed by atoms with E-state index in [4.69, 9.17) is 16.7 Å². The highest BCUT2D eigenvalue weighted by Gasteiger charge is 2.22. The maximum absolute atomic E-state index is 13.3. The van der Waals surface area contributed by atoms with Gasteiger partial charge in [-0.1, -0.05) is 29.8 Å². The minimum Gasteiger partial charge on any atom is -0.478 e. The molecule has 2 aromatic heterocycles. The van der Waals surface area contributed by atoms with Crippen molar-refractivity contribution in [1.29, 1.82) is 0 Å². The largest absolute Gasteiger partial charge is 0.478 e. The minimum absolute atomic E-state index is 0.0915. The molecule has 0 bridgehead atoms. The molecule has 1 atom stereocenters. The van der Waals surface area contributed by atoms with Gasteiger partial charge in [0, 0.05) is 45.9 Å². The van der Waals surface area contributed by atoms with Crippen LogP contribution >= 0.6 is 11.6 Å². The van der Waals surface area contributed by atoms with E-state index in [1.54, 1.807) is 30.5 Å². The number of carbonyl (C=O) groups is 3. The molecular weight excluding hydrogens is 534 g/mol. The number of carboxylic acid groups (broad SMARTS) is 1. The SMILES string of the molecule is O=C(/C=C/c1cc(Cl)ccc1-n1cnnn1)N[C@@H](Cc1c[nH]c2ccccc12)C(=O)Nc1ccc(C(=O)O)cc1. The fourth-order valence-electron chi connectivity index (χ4n) is 4.18. The van der Waals surface area contributed by atoms with Crippen LogP contribution in [0.4, 0.5) is 5.69 Å². The van der Waals surface area contributed by atoms with E-state index in [1.165, 1.54) is 41.4 Å². The Bertz CT molecular complexity index is 1710. The molecule has 2 amide bonds. The normalized spacial score (nSPS) is 11.9. The van der Waals surface area contributed by atoms with Gasteiger partial charge in [-0.05, 0) is 70.6 Å². The van der Waals surface area contributed by atoms with Gasteiger partial charge in [0.15, 0.2) is 0 Å². The van der Waals surface area contributed by atoms with E-state index in [0.29, 0.717) is 22.0 Å². The molecule has 0 unspecified atom stereocenters. The molecule has 0 aliphatic rings. The van der Waals surface area contributed by atoms with Crippen molar-refractivity contribution in [2.75, 3.05) is 5.32 Å². The standard InChI is InChI=1S/C28H22ClN7O4/c29-20-8-11-25(36-16-31-34-35-36)18(13-20)7-12-26(37)33-24(14-19-15-30-23-4-2-1-3-22(19)23)27(38)32-21-9-5-17(6-10-21)28(39)40/h1-13,15-16,24,30H,14H2,(H,32,38)(H,33,37)(H,39,40)/b12-7+/t24-/m0/s1. The Kier molecular flexibility index (Phi) is 7.65. The Morgan fingerprint density at radius 2 is 1.88 bits per heavy atom. The number of H-pyrrole nitrogens is 1. The number of nitrogens with zero attached hydrogens (tertiary/aromatic N) is 4. The number of benzene rings is 3. The quantitative estimate of drug-likeness (QED) is 0.201. The number of aromatic carboxylic acids is 1. The summed E-state index contributed by atoms with van der Waals surface area (Å²) >= 11 is 6.17. The Labute approximate surface area is 232 Å². The second-order valence-corrected chi connectivity index (χ2v) is 9.22. The average molecular weight is 556 g/mol. The van der Waals surface area contributed by atoms with Crippen LogP contribution in [0.25, 0.3) is 22.7 Å². The van der Waals surface area contributed by atoms with Crippen LogP contribution in [0, 0.1) is 0 Å². The van der Waals surface area contributed by atoms with Gasteiger partial charge < -0.3 is 20.7 Å². The highest BCUT2D eigenvalue weighted by molar-refractivity contribution is 6.30. The van der Waals surface area contributed by atoms with Crippen molar-refractivity contribution in [1.82, 2.24) is 30.5 Å². The van der Waals surface area contributed by atoms with Gasteiger partial charge in [0.05, 0.1) is 11.3 Å². The van der Waals surface area contributed by atoms with E-state index in [1.807, 2.05) is 24.3 Å². The van der Waals surface area contributed by atoms with Crippen molar-refractivity contribution in [3.63, 3.8) is 0 Å². The number of hydrogen-bond acceptors (Lipinski definition) is 6. The van der Waals surface area contributed by atoms with Gasteiger partial charge in [0.2, 0.25) is 11.8 Å². The number of halogens is 1. The summed E-state index contributed by atoms with van der Waals surface area (Å²) < 4.78 is 1.44. The first-order valence-corrected chi connectivity index (χ1v) is 12.5. The van der Waals surface area contributed by atoms with Crippen LogP contribution in [0.15, 0.2) is 85.3 Å². The highest BCUT2D eigenvalue weighted by Crippen LogP contribution is 2.22. The highest BCUT2D eigenvalue weighted by atomic mass is 35.5. The number of aromatic amines is 1. The van der Waals surface area contributed by atoms with E-state index in [9.17, 15) is 14.4 Å². The Balaban J connectivity index is 1.38. The lowest BCUT2D eigenvalue weighted by Crippen LogP contribution is -2.44. The molecule has 200 valence electrons. The summed E-state index contributed by atoms with van der Waals surface area (Å²) in [6.07, 6.45) is 6.29. The molecule has 0 aliphatic carbocycles. The summed E-state index contributed by atoms with van der Waals surface area (Å²) in [6, 6.07) is 17.5. The van der Waals surface area contributed by atoms with Crippen molar-refractivity contribution < 1.29 is 19.5 Å².